The Morgan fingerprint density at radius 2 is 1.90 bits per heavy atom. The molecule has 21 heavy (non-hydrogen) atoms. The second-order valence-corrected chi connectivity index (χ2v) is 5.32. The lowest BCUT2D eigenvalue weighted by Crippen LogP contribution is -2.12. The summed E-state index contributed by atoms with van der Waals surface area (Å²) in [5.74, 6) is 0.434. The summed E-state index contributed by atoms with van der Waals surface area (Å²) in [6.45, 7) is 0.224. The number of hydrogen-bond acceptors (Lipinski definition) is 3. The van der Waals surface area contributed by atoms with Gasteiger partial charge in [0.05, 0.1) is 15.1 Å². The van der Waals surface area contributed by atoms with E-state index in [2.05, 4.69) is 5.16 Å². The van der Waals surface area contributed by atoms with E-state index in [9.17, 15) is 0 Å². The van der Waals surface area contributed by atoms with Crippen LogP contribution in [0, 0.1) is 0 Å². The highest BCUT2D eigenvalue weighted by Gasteiger charge is 2.09. The van der Waals surface area contributed by atoms with Crippen LogP contribution >= 0.6 is 34.8 Å². The van der Waals surface area contributed by atoms with E-state index in [-0.39, 0.29) is 12.4 Å². The van der Waals surface area contributed by atoms with Crippen molar-refractivity contribution < 1.29 is 9.94 Å². The number of halogens is 3. The van der Waals surface area contributed by atoms with Gasteiger partial charge in [0.1, 0.15) is 12.4 Å². The standard InChI is InChI=1S/C14H11Cl3N2O2/c15-10-3-1-2-9(13(10)17)7-21-12-5-4-8(6-11(12)16)14(18)19-20/h1-6,20H,7H2,(H2,18,19). The number of nitrogens with two attached hydrogens (primary N) is 1. The minimum Gasteiger partial charge on any atom is -0.487 e. The molecule has 0 spiro atoms. The van der Waals surface area contributed by atoms with Gasteiger partial charge in [0.2, 0.25) is 0 Å². The highest BCUT2D eigenvalue weighted by Crippen LogP contribution is 2.29. The van der Waals surface area contributed by atoms with Crippen LogP contribution in [0.5, 0.6) is 5.75 Å². The minimum atomic E-state index is -0.0265. The zero-order valence-corrected chi connectivity index (χ0v) is 13.0. The predicted octanol–water partition coefficient (Wildman–Crippen LogP) is 4.32. The second-order valence-electron chi connectivity index (χ2n) is 4.13. The first kappa shape index (κ1) is 15.8. The summed E-state index contributed by atoms with van der Waals surface area (Å²) in [6, 6.07) is 10.1. The van der Waals surface area contributed by atoms with Gasteiger partial charge >= 0.3 is 0 Å². The van der Waals surface area contributed by atoms with Gasteiger partial charge in [-0.25, -0.2) is 0 Å². The summed E-state index contributed by atoms with van der Waals surface area (Å²) in [7, 11) is 0. The van der Waals surface area contributed by atoms with Crippen LogP contribution in [0.1, 0.15) is 11.1 Å². The lowest BCUT2D eigenvalue weighted by atomic mass is 10.2. The van der Waals surface area contributed by atoms with Gasteiger partial charge in [-0.15, -0.1) is 0 Å². The van der Waals surface area contributed by atoms with Crippen LogP contribution in [0.25, 0.3) is 0 Å². The van der Waals surface area contributed by atoms with Crippen molar-refractivity contribution in [3.8, 4) is 5.75 Å². The van der Waals surface area contributed by atoms with Gasteiger partial charge in [-0.1, -0.05) is 52.1 Å². The van der Waals surface area contributed by atoms with Crippen molar-refractivity contribution in [2.75, 3.05) is 0 Å². The van der Waals surface area contributed by atoms with Gasteiger partial charge in [-0.3, -0.25) is 0 Å². The lowest BCUT2D eigenvalue weighted by Gasteiger charge is -2.11. The zero-order valence-electron chi connectivity index (χ0n) is 10.7. The van der Waals surface area contributed by atoms with Crippen molar-refractivity contribution in [3.63, 3.8) is 0 Å². The maximum absolute atomic E-state index is 8.62. The molecular weight excluding hydrogens is 335 g/mol. The fourth-order valence-corrected chi connectivity index (χ4v) is 2.26. The molecule has 0 fully saturated rings. The minimum absolute atomic E-state index is 0.0265. The summed E-state index contributed by atoms with van der Waals surface area (Å²) < 4.78 is 5.61. The summed E-state index contributed by atoms with van der Waals surface area (Å²) in [6.07, 6.45) is 0. The third kappa shape index (κ3) is 3.73. The molecule has 0 atom stereocenters. The molecule has 4 nitrogen and oxygen atoms in total. The van der Waals surface area contributed by atoms with Gasteiger partial charge in [-0.2, -0.15) is 0 Å². The third-order valence-electron chi connectivity index (χ3n) is 2.75. The summed E-state index contributed by atoms with van der Waals surface area (Å²) in [4.78, 5) is 0. The molecular formula is C14H11Cl3N2O2. The van der Waals surface area contributed by atoms with Crippen molar-refractivity contribution in [2.45, 2.75) is 6.61 Å². The molecule has 2 rings (SSSR count). The maximum atomic E-state index is 8.62. The molecule has 0 amide bonds. The number of oxime groups is 1. The van der Waals surface area contributed by atoms with E-state index in [1.807, 2.05) is 6.07 Å². The average Bonchev–Trinajstić information content (AvgIpc) is 2.49. The second kappa shape index (κ2) is 6.89. The van der Waals surface area contributed by atoms with Gasteiger partial charge in [0.25, 0.3) is 0 Å². The van der Waals surface area contributed by atoms with Crippen molar-refractivity contribution in [3.05, 3.63) is 62.6 Å². The molecule has 0 saturated heterocycles. The lowest BCUT2D eigenvalue weighted by molar-refractivity contribution is 0.306. The molecule has 2 aromatic carbocycles. The highest BCUT2D eigenvalue weighted by molar-refractivity contribution is 6.42. The van der Waals surface area contributed by atoms with E-state index in [1.54, 1.807) is 30.3 Å². The van der Waals surface area contributed by atoms with E-state index in [1.165, 1.54) is 0 Å². The van der Waals surface area contributed by atoms with Crippen molar-refractivity contribution >= 4 is 40.6 Å². The Labute approximate surface area is 136 Å². The fraction of sp³-hybridized carbons (Fsp3) is 0.0714. The Bertz CT molecular complexity index is 690. The third-order valence-corrected chi connectivity index (χ3v) is 3.90. The first-order chi connectivity index (χ1) is 10.0. The van der Waals surface area contributed by atoms with E-state index >= 15 is 0 Å². The van der Waals surface area contributed by atoms with Gasteiger partial charge in [-0.05, 0) is 24.3 Å². The van der Waals surface area contributed by atoms with Crippen molar-refractivity contribution in [1.82, 2.24) is 0 Å². The van der Waals surface area contributed by atoms with Crippen LogP contribution in [0.4, 0.5) is 0 Å². The Kier molecular flexibility index (Phi) is 5.17. The largest absolute Gasteiger partial charge is 0.487 e. The molecule has 0 bridgehead atoms. The predicted molar refractivity (Wildman–Crippen MR) is 84.8 cm³/mol. The van der Waals surface area contributed by atoms with Crippen molar-refractivity contribution in [2.24, 2.45) is 10.9 Å². The Morgan fingerprint density at radius 3 is 2.57 bits per heavy atom. The summed E-state index contributed by atoms with van der Waals surface area (Å²) in [5, 5.41) is 12.8. The van der Waals surface area contributed by atoms with Crippen LogP contribution in [0.3, 0.4) is 0 Å². The van der Waals surface area contributed by atoms with E-state index < -0.39 is 0 Å². The average molecular weight is 346 g/mol. The Balaban J connectivity index is 2.15. The number of benzene rings is 2. The monoisotopic (exact) mass is 344 g/mol. The molecule has 0 aliphatic heterocycles. The molecule has 0 unspecified atom stereocenters. The van der Waals surface area contributed by atoms with Gasteiger partial charge < -0.3 is 15.7 Å². The smallest absolute Gasteiger partial charge is 0.170 e. The number of amidine groups is 1. The maximum Gasteiger partial charge on any atom is 0.170 e. The molecule has 0 aliphatic carbocycles. The van der Waals surface area contributed by atoms with E-state index in [0.29, 0.717) is 26.4 Å². The number of ether oxygens (including phenoxy) is 1. The quantitative estimate of drug-likeness (QED) is 0.375. The highest BCUT2D eigenvalue weighted by atomic mass is 35.5. The molecule has 0 aliphatic rings. The summed E-state index contributed by atoms with van der Waals surface area (Å²) in [5.41, 5.74) is 6.73. The normalized spacial score (nSPS) is 11.5. The summed E-state index contributed by atoms with van der Waals surface area (Å²) >= 11 is 18.1. The molecule has 0 heterocycles. The van der Waals surface area contributed by atoms with E-state index in [0.717, 1.165) is 5.56 Å². The molecule has 0 aromatic heterocycles. The molecule has 7 heteroatoms. The molecule has 110 valence electrons. The first-order valence-electron chi connectivity index (χ1n) is 5.86. The van der Waals surface area contributed by atoms with Crippen LogP contribution in [0.15, 0.2) is 41.6 Å². The molecule has 0 saturated carbocycles. The van der Waals surface area contributed by atoms with Crippen LogP contribution in [-0.4, -0.2) is 11.0 Å². The molecule has 2 aromatic rings. The van der Waals surface area contributed by atoms with Crippen LogP contribution in [-0.2, 0) is 6.61 Å². The fourth-order valence-electron chi connectivity index (χ4n) is 1.65. The Morgan fingerprint density at radius 1 is 1.14 bits per heavy atom. The number of rotatable bonds is 4. The van der Waals surface area contributed by atoms with Gasteiger partial charge in [0, 0.05) is 11.1 Å². The topological polar surface area (TPSA) is 67.8 Å². The van der Waals surface area contributed by atoms with Gasteiger partial charge in [0.15, 0.2) is 5.84 Å². The Hall–Kier alpha value is -1.62. The van der Waals surface area contributed by atoms with E-state index in [4.69, 9.17) is 50.5 Å². The first-order valence-corrected chi connectivity index (χ1v) is 6.99. The number of hydrogen-bond donors (Lipinski definition) is 2. The zero-order chi connectivity index (χ0) is 15.4. The SMILES string of the molecule is N/C(=N/O)c1ccc(OCc2cccc(Cl)c2Cl)c(Cl)c1. The van der Waals surface area contributed by atoms with Crippen molar-refractivity contribution in [1.29, 1.82) is 0 Å². The van der Waals surface area contributed by atoms with Crippen LogP contribution in [0.2, 0.25) is 15.1 Å². The van der Waals surface area contributed by atoms with Crippen LogP contribution < -0.4 is 10.5 Å². The molecule has 0 radical (unpaired) electrons. The molecule has 3 N–H and O–H groups in total. The number of nitrogens with zero attached hydrogens (tertiary/aromatic N) is 1.